The normalized spacial score (nSPS) is 10.5. The quantitative estimate of drug-likeness (QED) is 0.908. The molecule has 0 unspecified atom stereocenters. The molecule has 0 amide bonds. The predicted molar refractivity (Wildman–Crippen MR) is 74.9 cm³/mol. The summed E-state index contributed by atoms with van der Waals surface area (Å²) in [5, 5.41) is 0.640. The minimum Gasteiger partial charge on any atom is -0.489 e. The van der Waals surface area contributed by atoms with Gasteiger partial charge < -0.3 is 10.5 Å². The Balaban J connectivity index is 2.09. The molecule has 2 rings (SSSR count). The van der Waals surface area contributed by atoms with E-state index in [2.05, 4.69) is 0 Å². The molecule has 0 saturated heterocycles. The summed E-state index contributed by atoms with van der Waals surface area (Å²) in [5.41, 5.74) is 7.16. The first-order valence-electron chi connectivity index (χ1n) is 6.05. The molecule has 0 bridgehead atoms. The smallest absolute Gasteiger partial charge is 0.127 e. The SMILES string of the molecule is NCCc1cc(F)cc(OCc2ccccc2Cl)c1. The summed E-state index contributed by atoms with van der Waals surface area (Å²) >= 11 is 6.03. The van der Waals surface area contributed by atoms with Gasteiger partial charge in [0.25, 0.3) is 0 Å². The minimum atomic E-state index is -0.319. The second-order valence-corrected chi connectivity index (χ2v) is 4.62. The van der Waals surface area contributed by atoms with E-state index in [0.717, 1.165) is 11.1 Å². The fourth-order valence-electron chi connectivity index (χ4n) is 1.79. The van der Waals surface area contributed by atoms with Gasteiger partial charge in [-0.15, -0.1) is 0 Å². The second-order valence-electron chi connectivity index (χ2n) is 4.21. The van der Waals surface area contributed by atoms with Gasteiger partial charge in [-0.3, -0.25) is 0 Å². The number of rotatable bonds is 5. The molecule has 100 valence electrons. The molecule has 0 saturated carbocycles. The van der Waals surface area contributed by atoms with E-state index in [4.69, 9.17) is 22.1 Å². The van der Waals surface area contributed by atoms with Gasteiger partial charge >= 0.3 is 0 Å². The third kappa shape index (κ3) is 3.94. The van der Waals surface area contributed by atoms with Gasteiger partial charge in [-0.25, -0.2) is 4.39 Å². The number of halogens is 2. The Morgan fingerprint density at radius 1 is 1.16 bits per heavy atom. The van der Waals surface area contributed by atoms with Crippen molar-refractivity contribution in [1.82, 2.24) is 0 Å². The standard InChI is InChI=1S/C15H15ClFNO/c16-15-4-2-1-3-12(15)10-19-14-8-11(5-6-18)7-13(17)9-14/h1-4,7-9H,5-6,10,18H2. The van der Waals surface area contributed by atoms with Crippen LogP contribution in [0.3, 0.4) is 0 Å². The number of ether oxygens (including phenoxy) is 1. The Morgan fingerprint density at radius 2 is 1.95 bits per heavy atom. The van der Waals surface area contributed by atoms with Gasteiger partial charge in [0.05, 0.1) is 0 Å². The van der Waals surface area contributed by atoms with Gasteiger partial charge in [0.1, 0.15) is 18.2 Å². The Bertz CT molecular complexity index is 560. The molecule has 0 aromatic heterocycles. The molecule has 2 aromatic rings. The van der Waals surface area contributed by atoms with Crippen LogP contribution in [0.5, 0.6) is 5.75 Å². The third-order valence-corrected chi connectivity index (χ3v) is 3.09. The summed E-state index contributed by atoms with van der Waals surface area (Å²) in [7, 11) is 0. The molecule has 4 heteroatoms. The van der Waals surface area contributed by atoms with Crippen molar-refractivity contribution in [2.24, 2.45) is 5.73 Å². The van der Waals surface area contributed by atoms with Crippen molar-refractivity contribution < 1.29 is 9.13 Å². The first kappa shape index (κ1) is 13.8. The zero-order valence-electron chi connectivity index (χ0n) is 10.4. The molecule has 0 radical (unpaired) electrons. The van der Waals surface area contributed by atoms with Crippen LogP contribution in [0.15, 0.2) is 42.5 Å². The summed E-state index contributed by atoms with van der Waals surface area (Å²) < 4.78 is 19.0. The van der Waals surface area contributed by atoms with Crippen molar-refractivity contribution in [3.05, 3.63) is 64.4 Å². The van der Waals surface area contributed by atoms with Crippen LogP contribution in [0.4, 0.5) is 4.39 Å². The summed E-state index contributed by atoms with van der Waals surface area (Å²) in [5.74, 6) is 0.170. The number of nitrogens with two attached hydrogens (primary N) is 1. The van der Waals surface area contributed by atoms with Crippen molar-refractivity contribution in [3.8, 4) is 5.75 Å². The van der Waals surface area contributed by atoms with Crippen LogP contribution in [0.2, 0.25) is 5.02 Å². The minimum absolute atomic E-state index is 0.311. The third-order valence-electron chi connectivity index (χ3n) is 2.72. The van der Waals surface area contributed by atoms with Gasteiger partial charge in [-0.1, -0.05) is 29.8 Å². The zero-order valence-corrected chi connectivity index (χ0v) is 11.2. The molecule has 0 atom stereocenters. The highest BCUT2D eigenvalue weighted by Gasteiger charge is 2.04. The van der Waals surface area contributed by atoms with Crippen molar-refractivity contribution in [1.29, 1.82) is 0 Å². The molecule has 0 fully saturated rings. The van der Waals surface area contributed by atoms with Crippen LogP contribution in [-0.2, 0) is 13.0 Å². The van der Waals surface area contributed by atoms with Crippen molar-refractivity contribution in [2.75, 3.05) is 6.54 Å². The van der Waals surface area contributed by atoms with E-state index in [-0.39, 0.29) is 5.82 Å². The zero-order chi connectivity index (χ0) is 13.7. The average Bonchev–Trinajstić information content (AvgIpc) is 2.37. The van der Waals surface area contributed by atoms with Crippen LogP contribution < -0.4 is 10.5 Å². The van der Waals surface area contributed by atoms with E-state index in [0.29, 0.717) is 30.3 Å². The first-order chi connectivity index (χ1) is 9.19. The van der Waals surface area contributed by atoms with Crippen LogP contribution in [-0.4, -0.2) is 6.54 Å². The average molecular weight is 280 g/mol. The molecule has 0 aliphatic carbocycles. The second kappa shape index (κ2) is 6.55. The van der Waals surface area contributed by atoms with E-state index in [1.807, 2.05) is 18.2 Å². The lowest BCUT2D eigenvalue weighted by atomic mass is 10.1. The topological polar surface area (TPSA) is 35.2 Å². The molecule has 19 heavy (non-hydrogen) atoms. The summed E-state index contributed by atoms with van der Waals surface area (Å²) in [6, 6.07) is 12.0. The lowest BCUT2D eigenvalue weighted by molar-refractivity contribution is 0.304. The Hall–Kier alpha value is -1.58. The molecule has 0 spiro atoms. The highest BCUT2D eigenvalue weighted by molar-refractivity contribution is 6.31. The van der Waals surface area contributed by atoms with Crippen molar-refractivity contribution >= 4 is 11.6 Å². The maximum Gasteiger partial charge on any atom is 0.127 e. The maximum absolute atomic E-state index is 13.4. The molecule has 0 aliphatic heterocycles. The van der Waals surface area contributed by atoms with E-state index < -0.39 is 0 Å². The van der Waals surface area contributed by atoms with Gasteiger partial charge in [0.15, 0.2) is 0 Å². The van der Waals surface area contributed by atoms with Crippen LogP contribution >= 0.6 is 11.6 Å². The van der Waals surface area contributed by atoms with Crippen LogP contribution in [0, 0.1) is 5.82 Å². The van der Waals surface area contributed by atoms with Crippen LogP contribution in [0.25, 0.3) is 0 Å². The van der Waals surface area contributed by atoms with Crippen molar-refractivity contribution in [2.45, 2.75) is 13.0 Å². The summed E-state index contributed by atoms with van der Waals surface area (Å²) in [6.07, 6.45) is 0.625. The number of hydrogen-bond acceptors (Lipinski definition) is 2. The molecule has 0 heterocycles. The predicted octanol–water partition coefficient (Wildman–Crippen LogP) is 3.56. The van der Waals surface area contributed by atoms with E-state index in [1.165, 1.54) is 12.1 Å². The molecule has 2 N–H and O–H groups in total. The summed E-state index contributed by atoms with van der Waals surface area (Å²) in [4.78, 5) is 0. The van der Waals surface area contributed by atoms with Gasteiger partial charge in [0.2, 0.25) is 0 Å². The van der Waals surface area contributed by atoms with Crippen molar-refractivity contribution in [3.63, 3.8) is 0 Å². The lowest BCUT2D eigenvalue weighted by Gasteiger charge is -2.09. The van der Waals surface area contributed by atoms with Gasteiger partial charge in [-0.2, -0.15) is 0 Å². The highest BCUT2D eigenvalue weighted by Crippen LogP contribution is 2.20. The molecule has 0 aliphatic rings. The monoisotopic (exact) mass is 279 g/mol. The Labute approximate surface area is 117 Å². The lowest BCUT2D eigenvalue weighted by Crippen LogP contribution is -2.04. The largest absolute Gasteiger partial charge is 0.489 e. The van der Waals surface area contributed by atoms with Gasteiger partial charge in [0, 0.05) is 16.7 Å². The number of benzene rings is 2. The Kier molecular flexibility index (Phi) is 4.77. The van der Waals surface area contributed by atoms with E-state index in [1.54, 1.807) is 12.1 Å². The van der Waals surface area contributed by atoms with E-state index >= 15 is 0 Å². The first-order valence-corrected chi connectivity index (χ1v) is 6.42. The maximum atomic E-state index is 13.4. The van der Waals surface area contributed by atoms with Crippen LogP contribution in [0.1, 0.15) is 11.1 Å². The number of hydrogen-bond donors (Lipinski definition) is 1. The molecule has 2 aromatic carbocycles. The fraction of sp³-hybridized carbons (Fsp3) is 0.200. The summed E-state index contributed by atoms with van der Waals surface area (Å²) in [6.45, 7) is 0.790. The van der Waals surface area contributed by atoms with E-state index in [9.17, 15) is 4.39 Å². The van der Waals surface area contributed by atoms with Gasteiger partial charge in [-0.05, 0) is 36.7 Å². The molecular formula is C15H15ClFNO. The highest BCUT2D eigenvalue weighted by atomic mass is 35.5. The Morgan fingerprint density at radius 3 is 2.68 bits per heavy atom. The molecule has 2 nitrogen and oxygen atoms in total. The molecular weight excluding hydrogens is 265 g/mol. The fourth-order valence-corrected chi connectivity index (χ4v) is 1.98.